The summed E-state index contributed by atoms with van der Waals surface area (Å²) in [4.78, 5) is 12.4. The zero-order valence-corrected chi connectivity index (χ0v) is 15.3. The fourth-order valence-electron chi connectivity index (χ4n) is 2.18. The van der Waals surface area contributed by atoms with E-state index in [0.717, 1.165) is 6.42 Å². The van der Waals surface area contributed by atoms with E-state index in [2.05, 4.69) is 5.32 Å². The lowest BCUT2D eigenvalue weighted by molar-refractivity contribution is -0.112. The average Bonchev–Trinajstić information content (AvgIpc) is 2.66. The Morgan fingerprint density at radius 1 is 1.27 bits per heavy atom. The molecule has 134 valence electrons. The summed E-state index contributed by atoms with van der Waals surface area (Å²) in [6.45, 7) is 2.55. The van der Waals surface area contributed by atoms with Crippen LogP contribution in [0.1, 0.15) is 18.9 Å². The standard InChI is InChI=1S/C20H19ClN2O3/c1-3-10-26-19-12-14(8-9-18(19)25-2)11-15(13-22)20(24)23-17-7-5-4-6-16(17)21/h4-9,11-12H,3,10H2,1-2H3,(H,23,24)/b15-11+. The number of hydrogen-bond donors (Lipinski definition) is 1. The summed E-state index contributed by atoms with van der Waals surface area (Å²) in [5.74, 6) is 0.619. The van der Waals surface area contributed by atoms with Gasteiger partial charge in [0.1, 0.15) is 11.6 Å². The van der Waals surface area contributed by atoms with Crippen LogP contribution in [0.3, 0.4) is 0 Å². The van der Waals surface area contributed by atoms with E-state index in [0.29, 0.717) is 34.4 Å². The Labute approximate surface area is 157 Å². The molecule has 0 bridgehead atoms. The second-order valence-corrected chi connectivity index (χ2v) is 5.77. The van der Waals surface area contributed by atoms with Crippen LogP contribution in [0.5, 0.6) is 11.5 Å². The lowest BCUT2D eigenvalue weighted by Crippen LogP contribution is -2.13. The van der Waals surface area contributed by atoms with Crippen molar-refractivity contribution in [3.63, 3.8) is 0 Å². The van der Waals surface area contributed by atoms with Gasteiger partial charge in [-0.2, -0.15) is 5.26 Å². The second-order valence-electron chi connectivity index (χ2n) is 5.36. The highest BCUT2D eigenvalue weighted by atomic mass is 35.5. The Balaban J connectivity index is 2.26. The van der Waals surface area contributed by atoms with Gasteiger partial charge in [-0.05, 0) is 42.3 Å². The largest absolute Gasteiger partial charge is 0.493 e. The quantitative estimate of drug-likeness (QED) is 0.567. The van der Waals surface area contributed by atoms with Crippen LogP contribution >= 0.6 is 11.6 Å². The molecule has 6 heteroatoms. The van der Waals surface area contributed by atoms with Gasteiger partial charge in [-0.1, -0.05) is 36.7 Å². The van der Waals surface area contributed by atoms with Gasteiger partial charge in [0.2, 0.25) is 0 Å². The number of amides is 1. The van der Waals surface area contributed by atoms with E-state index in [4.69, 9.17) is 21.1 Å². The number of para-hydroxylation sites is 1. The van der Waals surface area contributed by atoms with Crippen LogP contribution in [0, 0.1) is 11.3 Å². The third kappa shape index (κ3) is 5.01. The number of benzene rings is 2. The minimum absolute atomic E-state index is 0.0449. The molecule has 0 saturated carbocycles. The van der Waals surface area contributed by atoms with Crippen LogP contribution in [-0.4, -0.2) is 19.6 Å². The molecule has 0 aromatic heterocycles. The molecule has 2 aromatic rings. The maximum absolute atomic E-state index is 12.4. The molecule has 0 unspecified atom stereocenters. The first-order chi connectivity index (χ1) is 12.6. The minimum Gasteiger partial charge on any atom is -0.493 e. The summed E-state index contributed by atoms with van der Waals surface area (Å²) in [5.41, 5.74) is 1.06. The van der Waals surface area contributed by atoms with Crippen LogP contribution in [-0.2, 0) is 4.79 Å². The van der Waals surface area contributed by atoms with E-state index < -0.39 is 5.91 Å². The first kappa shape index (κ1) is 19.4. The average molecular weight is 371 g/mol. The first-order valence-corrected chi connectivity index (χ1v) is 8.45. The van der Waals surface area contributed by atoms with Gasteiger partial charge in [-0.3, -0.25) is 4.79 Å². The Morgan fingerprint density at radius 2 is 2.04 bits per heavy atom. The molecular formula is C20H19ClN2O3. The summed E-state index contributed by atoms with van der Waals surface area (Å²) >= 11 is 6.03. The number of nitrogens with zero attached hydrogens (tertiary/aromatic N) is 1. The molecule has 0 radical (unpaired) electrons. The number of nitriles is 1. The second kappa shape index (κ2) is 9.50. The summed E-state index contributed by atoms with van der Waals surface area (Å²) in [5, 5.41) is 12.4. The molecule has 0 saturated heterocycles. The zero-order chi connectivity index (χ0) is 18.9. The topological polar surface area (TPSA) is 71.3 Å². The first-order valence-electron chi connectivity index (χ1n) is 8.07. The van der Waals surface area contributed by atoms with E-state index in [1.54, 1.807) is 49.6 Å². The molecule has 2 rings (SSSR count). The van der Waals surface area contributed by atoms with E-state index in [1.807, 2.05) is 13.0 Å². The summed E-state index contributed by atoms with van der Waals surface area (Å²) in [6, 6.07) is 14.0. The maximum Gasteiger partial charge on any atom is 0.266 e. The van der Waals surface area contributed by atoms with Gasteiger partial charge in [-0.15, -0.1) is 0 Å². The van der Waals surface area contributed by atoms with Gasteiger partial charge in [0.15, 0.2) is 11.5 Å². The van der Waals surface area contributed by atoms with E-state index >= 15 is 0 Å². The molecule has 0 atom stereocenters. The van der Waals surface area contributed by atoms with Gasteiger partial charge < -0.3 is 14.8 Å². The van der Waals surface area contributed by atoms with Crippen molar-refractivity contribution in [2.24, 2.45) is 0 Å². The molecule has 0 aliphatic carbocycles. The fraction of sp³-hybridized carbons (Fsp3) is 0.200. The zero-order valence-electron chi connectivity index (χ0n) is 14.6. The van der Waals surface area contributed by atoms with Crippen molar-refractivity contribution >= 4 is 29.3 Å². The van der Waals surface area contributed by atoms with Gasteiger partial charge in [0, 0.05) is 0 Å². The molecule has 5 nitrogen and oxygen atoms in total. The fourth-order valence-corrected chi connectivity index (χ4v) is 2.36. The highest BCUT2D eigenvalue weighted by molar-refractivity contribution is 6.34. The van der Waals surface area contributed by atoms with Crippen molar-refractivity contribution in [2.75, 3.05) is 19.0 Å². The van der Waals surface area contributed by atoms with Crippen molar-refractivity contribution in [1.82, 2.24) is 0 Å². The van der Waals surface area contributed by atoms with E-state index in [9.17, 15) is 10.1 Å². The molecule has 0 spiro atoms. The normalized spacial score (nSPS) is 10.8. The molecule has 0 fully saturated rings. The Hall–Kier alpha value is -2.97. The summed E-state index contributed by atoms with van der Waals surface area (Å²) in [6.07, 6.45) is 2.34. The Kier molecular flexibility index (Phi) is 7.07. The number of anilines is 1. The molecule has 1 amide bonds. The molecule has 0 aliphatic rings. The highest BCUT2D eigenvalue weighted by Crippen LogP contribution is 2.29. The number of methoxy groups -OCH3 is 1. The van der Waals surface area contributed by atoms with Gasteiger partial charge in [0.05, 0.1) is 24.4 Å². The number of rotatable bonds is 7. The number of hydrogen-bond acceptors (Lipinski definition) is 4. The number of halogens is 1. The minimum atomic E-state index is -0.535. The smallest absolute Gasteiger partial charge is 0.266 e. The molecule has 26 heavy (non-hydrogen) atoms. The highest BCUT2D eigenvalue weighted by Gasteiger charge is 2.12. The number of nitrogens with one attached hydrogen (secondary N) is 1. The SMILES string of the molecule is CCCOc1cc(/C=C(\C#N)C(=O)Nc2ccccc2Cl)ccc1OC. The van der Waals surface area contributed by atoms with Crippen LogP contribution in [0.4, 0.5) is 5.69 Å². The Bertz CT molecular complexity index is 856. The third-order valence-electron chi connectivity index (χ3n) is 3.45. The molecular weight excluding hydrogens is 352 g/mol. The van der Waals surface area contributed by atoms with Gasteiger partial charge in [0.25, 0.3) is 5.91 Å². The predicted octanol–water partition coefficient (Wildman–Crippen LogP) is 4.68. The molecule has 0 aliphatic heterocycles. The predicted molar refractivity (Wildman–Crippen MR) is 102 cm³/mol. The maximum atomic E-state index is 12.4. The monoisotopic (exact) mass is 370 g/mol. The third-order valence-corrected chi connectivity index (χ3v) is 3.78. The van der Waals surface area contributed by atoms with Gasteiger partial charge in [-0.25, -0.2) is 0 Å². The van der Waals surface area contributed by atoms with E-state index in [-0.39, 0.29) is 5.57 Å². The molecule has 0 heterocycles. The summed E-state index contributed by atoms with van der Waals surface area (Å²) < 4.78 is 10.9. The van der Waals surface area contributed by atoms with Crippen LogP contribution in [0.25, 0.3) is 6.08 Å². The number of carbonyl (C=O) groups is 1. The van der Waals surface area contributed by atoms with Crippen molar-refractivity contribution in [3.05, 3.63) is 58.6 Å². The summed E-state index contributed by atoms with van der Waals surface area (Å²) in [7, 11) is 1.56. The lowest BCUT2D eigenvalue weighted by atomic mass is 10.1. The van der Waals surface area contributed by atoms with Crippen molar-refractivity contribution in [1.29, 1.82) is 5.26 Å². The van der Waals surface area contributed by atoms with E-state index in [1.165, 1.54) is 6.08 Å². The van der Waals surface area contributed by atoms with Gasteiger partial charge >= 0.3 is 0 Å². The van der Waals surface area contributed by atoms with Crippen LogP contribution in [0.2, 0.25) is 5.02 Å². The number of carbonyl (C=O) groups excluding carboxylic acids is 1. The lowest BCUT2D eigenvalue weighted by Gasteiger charge is -2.11. The molecule has 1 N–H and O–H groups in total. The van der Waals surface area contributed by atoms with Crippen LogP contribution in [0.15, 0.2) is 48.0 Å². The number of ether oxygens (including phenoxy) is 2. The van der Waals surface area contributed by atoms with Crippen molar-refractivity contribution in [2.45, 2.75) is 13.3 Å². The van der Waals surface area contributed by atoms with Crippen molar-refractivity contribution < 1.29 is 14.3 Å². The Morgan fingerprint density at radius 3 is 2.69 bits per heavy atom. The molecule has 2 aromatic carbocycles. The van der Waals surface area contributed by atoms with Crippen LogP contribution < -0.4 is 14.8 Å². The van der Waals surface area contributed by atoms with Crippen molar-refractivity contribution in [3.8, 4) is 17.6 Å².